The van der Waals surface area contributed by atoms with Crippen LogP contribution in [0.2, 0.25) is 0 Å². The van der Waals surface area contributed by atoms with E-state index < -0.39 is 11.7 Å². The zero-order valence-electron chi connectivity index (χ0n) is 11.3. The van der Waals surface area contributed by atoms with Crippen LogP contribution in [-0.2, 0) is 6.18 Å². The Morgan fingerprint density at radius 3 is 2.65 bits per heavy atom. The van der Waals surface area contributed by atoms with E-state index in [1.54, 1.807) is 6.07 Å². The molecule has 0 spiro atoms. The maximum atomic E-state index is 12.7. The third-order valence-electron chi connectivity index (χ3n) is 3.84. The predicted molar refractivity (Wildman–Crippen MR) is 71.2 cm³/mol. The van der Waals surface area contributed by atoms with Crippen molar-refractivity contribution in [3.63, 3.8) is 0 Å². The number of nitrogens with one attached hydrogen (secondary N) is 1. The Morgan fingerprint density at radius 2 is 2.10 bits per heavy atom. The van der Waals surface area contributed by atoms with Crippen LogP contribution in [0.4, 0.5) is 18.9 Å². The lowest BCUT2D eigenvalue weighted by atomic mass is 10.0. The first kappa shape index (κ1) is 14.7. The topological polar surface area (TPSA) is 35.8 Å². The highest BCUT2D eigenvalue weighted by Crippen LogP contribution is 2.34. The molecule has 0 aliphatic heterocycles. The highest BCUT2D eigenvalue weighted by molar-refractivity contribution is 5.53. The highest BCUT2D eigenvalue weighted by atomic mass is 19.4. The minimum absolute atomic E-state index is 0.331. The number of nitriles is 1. The Kier molecular flexibility index (Phi) is 4.22. The molecule has 0 saturated heterocycles. The van der Waals surface area contributed by atoms with E-state index in [1.807, 2.05) is 0 Å². The van der Waals surface area contributed by atoms with E-state index in [2.05, 4.69) is 12.2 Å². The van der Waals surface area contributed by atoms with Crippen LogP contribution < -0.4 is 5.32 Å². The second-order valence-corrected chi connectivity index (χ2v) is 5.54. The van der Waals surface area contributed by atoms with Gasteiger partial charge in [0.1, 0.15) is 0 Å². The van der Waals surface area contributed by atoms with Gasteiger partial charge in [-0.3, -0.25) is 0 Å². The van der Waals surface area contributed by atoms with Crippen LogP contribution in [0.5, 0.6) is 0 Å². The molecule has 1 fully saturated rings. The van der Waals surface area contributed by atoms with Gasteiger partial charge in [0, 0.05) is 12.2 Å². The average molecular weight is 282 g/mol. The van der Waals surface area contributed by atoms with Gasteiger partial charge in [-0.15, -0.1) is 0 Å². The molecule has 1 aliphatic rings. The van der Waals surface area contributed by atoms with E-state index in [1.165, 1.54) is 18.6 Å². The molecule has 5 heteroatoms. The van der Waals surface area contributed by atoms with Crippen molar-refractivity contribution in [2.24, 2.45) is 11.8 Å². The predicted octanol–water partition coefficient (Wildman–Crippen LogP) is 4.43. The average Bonchev–Trinajstić information content (AvgIpc) is 2.80. The molecule has 0 radical (unpaired) electrons. The summed E-state index contributed by atoms with van der Waals surface area (Å²) < 4.78 is 38.0. The fourth-order valence-electron chi connectivity index (χ4n) is 2.77. The van der Waals surface area contributed by atoms with Gasteiger partial charge in [0.15, 0.2) is 0 Å². The maximum Gasteiger partial charge on any atom is 0.417 e. The van der Waals surface area contributed by atoms with E-state index in [-0.39, 0.29) is 5.56 Å². The quantitative estimate of drug-likeness (QED) is 0.890. The van der Waals surface area contributed by atoms with Crippen molar-refractivity contribution in [1.29, 1.82) is 5.26 Å². The fourth-order valence-corrected chi connectivity index (χ4v) is 2.77. The summed E-state index contributed by atoms with van der Waals surface area (Å²) in [4.78, 5) is 0. The van der Waals surface area contributed by atoms with Gasteiger partial charge in [0.2, 0.25) is 0 Å². The van der Waals surface area contributed by atoms with Gasteiger partial charge >= 0.3 is 6.18 Å². The normalized spacial score (nSPS) is 22.6. The van der Waals surface area contributed by atoms with Crippen LogP contribution in [0.1, 0.15) is 37.3 Å². The van der Waals surface area contributed by atoms with Crippen LogP contribution in [0, 0.1) is 23.2 Å². The zero-order chi connectivity index (χ0) is 14.8. The van der Waals surface area contributed by atoms with E-state index >= 15 is 0 Å². The van der Waals surface area contributed by atoms with Gasteiger partial charge in [-0.2, -0.15) is 18.4 Å². The Labute approximate surface area is 116 Å². The smallest absolute Gasteiger partial charge is 0.385 e. The molecule has 2 rings (SSSR count). The number of alkyl halides is 3. The van der Waals surface area contributed by atoms with Crippen LogP contribution in [-0.4, -0.2) is 6.54 Å². The van der Waals surface area contributed by atoms with Crippen LogP contribution in [0.15, 0.2) is 18.2 Å². The lowest BCUT2D eigenvalue weighted by Gasteiger charge is -2.14. The summed E-state index contributed by atoms with van der Waals surface area (Å²) in [6.07, 6.45) is -0.966. The molecule has 108 valence electrons. The molecule has 1 aliphatic carbocycles. The molecular formula is C15H17F3N2. The second-order valence-electron chi connectivity index (χ2n) is 5.54. The van der Waals surface area contributed by atoms with E-state index in [9.17, 15) is 13.2 Å². The summed E-state index contributed by atoms with van der Waals surface area (Å²) >= 11 is 0. The van der Waals surface area contributed by atoms with Gasteiger partial charge in [0.25, 0.3) is 0 Å². The number of anilines is 1. The van der Waals surface area contributed by atoms with Crippen molar-refractivity contribution in [3.8, 4) is 6.07 Å². The number of nitrogens with zero attached hydrogens (tertiary/aromatic N) is 1. The summed E-state index contributed by atoms with van der Waals surface area (Å²) in [5, 5.41) is 12.0. The number of halogens is 3. The van der Waals surface area contributed by atoms with Gasteiger partial charge < -0.3 is 5.32 Å². The number of hydrogen-bond acceptors (Lipinski definition) is 2. The molecule has 2 nitrogen and oxygen atoms in total. The summed E-state index contributed by atoms with van der Waals surface area (Å²) in [6.45, 7) is 2.96. The van der Waals surface area contributed by atoms with E-state index in [0.29, 0.717) is 11.6 Å². The molecule has 0 heterocycles. The van der Waals surface area contributed by atoms with Crippen molar-refractivity contribution in [1.82, 2.24) is 0 Å². The molecule has 1 N–H and O–H groups in total. The van der Waals surface area contributed by atoms with Gasteiger partial charge in [0.05, 0.1) is 17.2 Å². The molecule has 1 aromatic rings. The summed E-state index contributed by atoms with van der Waals surface area (Å²) in [6, 6.07) is 5.26. The first-order chi connectivity index (χ1) is 9.40. The molecule has 0 aromatic heterocycles. The Bertz CT molecular complexity index is 517. The molecule has 0 amide bonds. The fraction of sp³-hybridized carbons (Fsp3) is 0.533. The molecule has 2 atom stereocenters. The van der Waals surface area contributed by atoms with Crippen molar-refractivity contribution >= 4 is 5.69 Å². The highest BCUT2D eigenvalue weighted by Gasteiger charge is 2.33. The van der Waals surface area contributed by atoms with Gasteiger partial charge in [-0.05, 0) is 42.9 Å². The zero-order valence-corrected chi connectivity index (χ0v) is 11.3. The number of benzene rings is 1. The maximum absolute atomic E-state index is 12.7. The Morgan fingerprint density at radius 1 is 1.35 bits per heavy atom. The third-order valence-corrected chi connectivity index (χ3v) is 3.84. The minimum Gasteiger partial charge on any atom is -0.385 e. The monoisotopic (exact) mass is 282 g/mol. The third kappa shape index (κ3) is 3.44. The lowest BCUT2D eigenvalue weighted by Crippen LogP contribution is -2.13. The molecule has 1 aromatic carbocycles. The van der Waals surface area contributed by atoms with E-state index in [4.69, 9.17) is 5.26 Å². The summed E-state index contributed by atoms with van der Waals surface area (Å²) in [5.74, 6) is 1.29. The largest absolute Gasteiger partial charge is 0.417 e. The summed E-state index contributed by atoms with van der Waals surface area (Å²) in [7, 11) is 0. The van der Waals surface area contributed by atoms with Crippen molar-refractivity contribution in [3.05, 3.63) is 29.3 Å². The first-order valence-corrected chi connectivity index (χ1v) is 6.75. The second kappa shape index (κ2) is 5.74. The Balaban J connectivity index is 2.05. The molecule has 1 saturated carbocycles. The Hall–Kier alpha value is -1.70. The van der Waals surface area contributed by atoms with E-state index in [0.717, 1.165) is 31.4 Å². The van der Waals surface area contributed by atoms with Crippen LogP contribution >= 0.6 is 0 Å². The lowest BCUT2D eigenvalue weighted by molar-refractivity contribution is -0.137. The number of hydrogen-bond donors (Lipinski definition) is 1. The van der Waals surface area contributed by atoms with Crippen molar-refractivity contribution in [2.45, 2.75) is 32.4 Å². The standard InChI is InChI=1S/C15H17F3N2/c1-10-2-3-11(6-10)9-20-13-4-5-14(15(16,17)18)12(7-13)8-19/h4-5,7,10-11,20H,2-3,6,9H2,1H3. The first-order valence-electron chi connectivity index (χ1n) is 6.75. The van der Waals surface area contributed by atoms with Crippen LogP contribution in [0.25, 0.3) is 0 Å². The van der Waals surface area contributed by atoms with Gasteiger partial charge in [-0.1, -0.05) is 13.3 Å². The minimum atomic E-state index is -4.48. The van der Waals surface area contributed by atoms with Crippen LogP contribution in [0.3, 0.4) is 0 Å². The van der Waals surface area contributed by atoms with Crippen molar-refractivity contribution in [2.75, 3.05) is 11.9 Å². The van der Waals surface area contributed by atoms with Crippen molar-refractivity contribution < 1.29 is 13.2 Å². The molecule has 0 bridgehead atoms. The van der Waals surface area contributed by atoms with Gasteiger partial charge in [-0.25, -0.2) is 0 Å². The molecular weight excluding hydrogens is 265 g/mol. The molecule has 20 heavy (non-hydrogen) atoms. The number of rotatable bonds is 3. The molecule has 2 unspecified atom stereocenters. The summed E-state index contributed by atoms with van der Waals surface area (Å²) in [5.41, 5.74) is -0.628. The SMILES string of the molecule is CC1CCC(CNc2ccc(C(F)(F)F)c(C#N)c2)C1.